The predicted molar refractivity (Wildman–Crippen MR) is 89.9 cm³/mol. The molecule has 4 saturated carbocycles. The topological polar surface area (TPSA) is 29.6 Å². The maximum atomic E-state index is 12.2. The number of Topliss-reactive ketones (excluding diaryl/α,β-unsaturated/α-hetero) is 1. The van der Waals surface area contributed by atoms with Crippen LogP contribution in [-0.4, -0.2) is 18.0 Å². The highest BCUT2D eigenvalue weighted by Crippen LogP contribution is 2.68. The van der Waals surface area contributed by atoms with Crippen LogP contribution in [0.2, 0.25) is 0 Å². The van der Waals surface area contributed by atoms with Crippen molar-refractivity contribution < 1.29 is 9.53 Å². The summed E-state index contributed by atoms with van der Waals surface area (Å²) < 4.78 is 5.92. The van der Waals surface area contributed by atoms with Crippen LogP contribution in [0.25, 0.3) is 0 Å². The molecule has 2 nitrogen and oxygen atoms in total. The lowest BCUT2D eigenvalue weighted by Gasteiger charge is -2.59. The zero-order valence-electron chi connectivity index (χ0n) is 15.0. The van der Waals surface area contributed by atoms with Gasteiger partial charge in [0.15, 0.2) is 0 Å². The van der Waals surface area contributed by atoms with Crippen LogP contribution in [0.1, 0.15) is 72.1 Å². The van der Waals surface area contributed by atoms with E-state index in [2.05, 4.69) is 13.8 Å². The Kier molecular flexibility index (Phi) is 3.00. The second-order valence-corrected chi connectivity index (χ2v) is 10.1. The molecular weight excluding hydrogens is 284 g/mol. The van der Waals surface area contributed by atoms with Crippen molar-refractivity contribution in [1.29, 1.82) is 0 Å². The van der Waals surface area contributed by atoms with Crippen LogP contribution in [0.3, 0.4) is 0 Å². The Morgan fingerprint density at radius 3 is 2.52 bits per heavy atom. The predicted octanol–water partition coefficient (Wildman–Crippen LogP) is 4.61. The zero-order valence-corrected chi connectivity index (χ0v) is 15.0. The summed E-state index contributed by atoms with van der Waals surface area (Å²) >= 11 is 0. The van der Waals surface area contributed by atoms with Gasteiger partial charge in [0.2, 0.25) is 0 Å². The summed E-state index contributed by atoms with van der Waals surface area (Å²) in [6, 6.07) is 0. The Morgan fingerprint density at radius 1 is 0.957 bits per heavy atom. The van der Waals surface area contributed by atoms with E-state index in [1.165, 1.54) is 44.9 Å². The standard InChI is InChI=1S/C21H32O2/c1-12(22)15-6-7-16-14-5-4-13-10-18-19(23-18)11-21(13,3)17(14)8-9-20(15,16)2/h13-19H,4-11H2,1-3H3/t13-,14-,15+,16-,17-,18?,19?,20+,21-/m0/s1. The Balaban J connectivity index is 1.46. The number of carbonyl (C=O) groups excluding carboxylic acids is 1. The number of epoxide rings is 1. The molecule has 23 heavy (non-hydrogen) atoms. The lowest BCUT2D eigenvalue weighted by atomic mass is 9.45. The van der Waals surface area contributed by atoms with Crippen LogP contribution in [-0.2, 0) is 9.53 Å². The molecule has 128 valence electrons. The summed E-state index contributed by atoms with van der Waals surface area (Å²) in [5, 5.41) is 0. The van der Waals surface area contributed by atoms with Gasteiger partial charge in [-0.1, -0.05) is 13.8 Å². The summed E-state index contributed by atoms with van der Waals surface area (Å²) in [6.07, 6.45) is 11.8. The number of carbonyl (C=O) groups is 1. The molecule has 0 aromatic carbocycles. The summed E-state index contributed by atoms with van der Waals surface area (Å²) in [5.74, 6) is 4.30. The largest absolute Gasteiger partial charge is 0.370 e. The second kappa shape index (κ2) is 4.62. The van der Waals surface area contributed by atoms with E-state index in [9.17, 15) is 4.79 Å². The fourth-order valence-corrected chi connectivity index (χ4v) is 8.19. The number of ether oxygens (including phenoxy) is 1. The number of hydrogen-bond donors (Lipinski definition) is 0. The van der Waals surface area contributed by atoms with Crippen LogP contribution in [0.4, 0.5) is 0 Å². The van der Waals surface area contributed by atoms with Gasteiger partial charge in [-0.3, -0.25) is 4.79 Å². The number of hydrogen-bond acceptors (Lipinski definition) is 2. The molecule has 0 aromatic heterocycles. The Labute approximate surface area is 140 Å². The molecule has 1 saturated heterocycles. The van der Waals surface area contributed by atoms with Crippen molar-refractivity contribution >= 4 is 5.78 Å². The lowest BCUT2D eigenvalue weighted by molar-refractivity contribution is -0.132. The van der Waals surface area contributed by atoms with E-state index in [0.717, 1.165) is 30.1 Å². The Morgan fingerprint density at radius 2 is 1.74 bits per heavy atom. The molecule has 1 heterocycles. The minimum atomic E-state index is 0.309. The average molecular weight is 316 g/mol. The van der Waals surface area contributed by atoms with E-state index in [1.54, 1.807) is 0 Å². The quantitative estimate of drug-likeness (QED) is 0.661. The van der Waals surface area contributed by atoms with Crippen molar-refractivity contribution in [3.8, 4) is 0 Å². The fraction of sp³-hybridized carbons (Fsp3) is 0.952. The van der Waals surface area contributed by atoms with Gasteiger partial charge in [-0.25, -0.2) is 0 Å². The maximum Gasteiger partial charge on any atom is 0.133 e. The van der Waals surface area contributed by atoms with Crippen LogP contribution in [0.15, 0.2) is 0 Å². The first-order valence-electron chi connectivity index (χ1n) is 10.1. The molecule has 5 fully saturated rings. The van der Waals surface area contributed by atoms with Gasteiger partial charge < -0.3 is 4.74 Å². The molecule has 2 unspecified atom stereocenters. The fourth-order valence-electron chi connectivity index (χ4n) is 8.19. The normalized spacial score (nSPS) is 60.2. The molecule has 9 atom stereocenters. The minimum absolute atomic E-state index is 0.309. The van der Waals surface area contributed by atoms with Crippen LogP contribution in [0.5, 0.6) is 0 Å². The van der Waals surface area contributed by atoms with Crippen molar-refractivity contribution in [2.45, 2.75) is 84.3 Å². The van der Waals surface area contributed by atoms with E-state index in [4.69, 9.17) is 4.74 Å². The van der Waals surface area contributed by atoms with Crippen molar-refractivity contribution in [2.24, 2.45) is 40.4 Å². The lowest BCUT2D eigenvalue weighted by Crippen LogP contribution is -2.54. The highest BCUT2D eigenvalue weighted by molar-refractivity contribution is 5.79. The molecule has 0 aromatic rings. The van der Waals surface area contributed by atoms with Gasteiger partial charge in [0, 0.05) is 5.92 Å². The van der Waals surface area contributed by atoms with Gasteiger partial charge >= 0.3 is 0 Å². The second-order valence-electron chi connectivity index (χ2n) is 10.1. The monoisotopic (exact) mass is 316 g/mol. The van der Waals surface area contributed by atoms with Gasteiger partial charge in [-0.15, -0.1) is 0 Å². The number of fused-ring (bicyclic) bond motifs is 6. The first-order chi connectivity index (χ1) is 10.9. The molecule has 1 aliphatic heterocycles. The van der Waals surface area contributed by atoms with E-state index in [1.807, 2.05) is 6.92 Å². The molecule has 0 N–H and O–H groups in total. The summed E-state index contributed by atoms with van der Waals surface area (Å²) in [7, 11) is 0. The van der Waals surface area contributed by atoms with Gasteiger partial charge in [0.1, 0.15) is 5.78 Å². The molecule has 0 amide bonds. The third-order valence-corrected chi connectivity index (χ3v) is 9.40. The minimum Gasteiger partial charge on any atom is -0.370 e. The first-order valence-corrected chi connectivity index (χ1v) is 10.1. The van der Waals surface area contributed by atoms with Crippen molar-refractivity contribution in [1.82, 2.24) is 0 Å². The molecule has 0 bridgehead atoms. The van der Waals surface area contributed by atoms with Gasteiger partial charge in [0.25, 0.3) is 0 Å². The maximum absolute atomic E-state index is 12.2. The molecule has 0 radical (unpaired) electrons. The highest BCUT2D eigenvalue weighted by atomic mass is 16.6. The summed E-state index contributed by atoms with van der Waals surface area (Å²) in [6.45, 7) is 6.91. The number of rotatable bonds is 1. The average Bonchev–Trinajstić information content (AvgIpc) is 3.13. The van der Waals surface area contributed by atoms with Crippen LogP contribution >= 0.6 is 0 Å². The Bertz CT molecular complexity index is 542. The van der Waals surface area contributed by atoms with E-state index in [-0.39, 0.29) is 0 Å². The van der Waals surface area contributed by atoms with Crippen molar-refractivity contribution in [3.63, 3.8) is 0 Å². The SMILES string of the molecule is CC(=O)[C@H]1CC[C@H]2[C@@H]3CC[C@H]4CC5OC5C[C@]4(C)[C@H]3CC[C@]12C. The van der Waals surface area contributed by atoms with Crippen molar-refractivity contribution in [2.75, 3.05) is 0 Å². The van der Waals surface area contributed by atoms with Gasteiger partial charge in [0.05, 0.1) is 12.2 Å². The van der Waals surface area contributed by atoms with Gasteiger partial charge in [-0.05, 0) is 92.8 Å². The van der Waals surface area contributed by atoms with Crippen LogP contribution < -0.4 is 0 Å². The molecule has 2 heteroatoms. The molecule has 5 aliphatic rings. The molecule has 5 rings (SSSR count). The first kappa shape index (κ1) is 14.9. The van der Waals surface area contributed by atoms with Crippen molar-refractivity contribution in [3.05, 3.63) is 0 Å². The summed E-state index contributed by atoms with van der Waals surface area (Å²) in [4.78, 5) is 12.2. The smallest absolute Gasteiger partial charge is 0.133 e. The molecule has 0 spiro atoms. The highest BCUT2D eigenvalue weighted by Gasteiger charge is 2.63. The Hall–Kier alpha value is -0.370. The van der Waals surface area contributed by atoms with E-state index < -0.39 is 0 Å². The van der Waals surface area contributed by atoms with Gasteiger partial charge in [-0.2, -0.15) is 0 Å². The molecular formula is C21H32O2. The zero-order chi connectivity index (χ0) is 16.0. The van der Waals surface area contributed by atoms with Crippen LogP contribution in [0, 0.1) is 40.4 Å². The third-order valence-electron chi connectivity index (χ3n) is 9.40. The number of ketones is 1. The van der Waals surface area contributed by atoms with E-state index in [0.29, 0.717) is 34.7 Å². The van der Waals surface area contributed by atoms with E-state index >= 15 is 0 Å². The summed E-state index contributed by atoms with van der Waals surface area (Å²) in [5.41, 5.74) is 0.833. The molecule has 4 aliphatic carbocycles. The third kappa shape index (κ3) is 1.88.